The second-order valence-corrected chi connectivity index (χ2v) is 10.0. The topological polar surface area (TPSA) is 86.8 Å². The van der Waals surface area contributed by atoms with Gasteiger partial charge >= 0.3 is 0 Å². The smallest absolute Gasteiger partial charge is 0.255 e. The Morgan fingerprint density at radius 3 is 2.76 bits per heavy atom. The summed E-state index contributed by atoms with van der Waals surface area (Å²) in [5, 5.41) is 5.18. The lowest BCUT2D eigenvalue weighted by molar-refractivity contribution is 0.0702. The molecule has 1 fully saturated rings. The lowest BCUT2D eigenvalue weighted by atomic mass is 10.0. The van der Waals surface area contributed by atoms with Crippen LogP contribution >= 0.6 is 23.2 Å². The maximum absolute atomic E-state index is 13.3. The molecule has 0 spiro atoms. The van der Waals surface area contributed by atoms with E-state index in [9.17, 15) is 4.79 Å². The van der Waals surface area contributed by atoms with E-state index in [2.05, 4.69) is 39.1 Å². The van der Waals surface area contributed by atoms with Gasteiger partial charge in [-0.25, -0.2) is 15.0 Å². The number of fused-ring (bicyclic) bond motifs is 2. The molecule has 2 aromatic heterocycles. The highest BCUT2D eigenvalue weighted by Crippen LogP contribution is 2.32. The lowest BCUT2D eigenvalue weighted by Crippen LogP contribution is -2.38. The van der Waals surface area contributed by atoms with Crippen LogP contribution in [0.15, 0.2) is 36.7 Å². The van der Waals surface area contributed by atoms with Crippen molar-refractivity contribution in [2.45, 2.75) is 45.7 Å². The van der Waals surface area contributed by atoms with Gasteiger partial charge in [-0.3, -0.25) is 4.79 Å². The molecule has 1 aliphatic rings. The van der Waals surface area contributed by atoms with Crippen molar-refractivity contribution in [1.29, 1.82) is 0 Å². The molecular formula is C25H26Cl2N6O. The second kappa shape index (κ2) is 9.04. The molecule has 0 bridgehead atoms. The van der Waals surface area contributed by atoms with E-state index in [0.29, 0.717) is 32.9 Å². The molecule has 1 aliphatic heterocycles. The van der Waals surface area contributed by atoms with Crippen LogP contribution in [-0.2, 0) is 0 Å². The number of hydrogen-bond donors (Lipinski definition) is 2. The third-order valence-electron chi connectivity index (χ3n) is 6.51. The maximum Gasteiger partial charge on any atom is 0.255 e. The molecule has 1 unspecified atom stereocenters. The number of carbonyl (C=O) groups is 1. The first-order valence-corrected chi connectivity index (χ1v) is 12.2. The average Bonchev–Trinajstić information content (AvgIpc) is 3.46. The summed E-state index contributed by atoms with van der Waals surface area (Å²) in [6.07, 6.45) is 3.53. The number of anilines is 1. The molecule has 1 saturated heterocycles. The van der Waals surface area contributed by atoms with Crippen molar-refractivity contribution in [3.8, 4) is 0 Å². The van der Waals surface area contributed by atoms with Crippen molar-refractivity contribution in [2.24, 2.45) is 5.92 Å². The Hall–Kier alpha value is -2.90. The number of nitrogens with zero attached hydrogens (tertiary/aromatic N) is 4. The fourth-order valence-electron chi connectivity index (χ4n) is 4.73. The molecule has 0 saturated carbocycles. The highest BCUT2D eigenvalue weighted by Gasteiger charge is 2.32. The normalized spacial score (nSPS) is 17.1. The summed E-state index contributed by atoms with van der Waals surface area (Å²) in [6, 6.07) is 9.18. The van der Waals surface area contributed by atoms with Crippen molar-refractivity contribution in [3.63, 3.8) is 0 Å². The van der Waals surface area contributed by atoms with E-state index in [-0.39, 0.29) is 18.0 Å². The fraction of sp³-hybridized carbons (Fsp3) is 0.360. The Morgan fingerprint density at radius 2 is 1.97 bits per heavy atom. The van der Waals surface area contributed by atoms with Crippen LogP contribution in [-0.4, -0.2) is 43.3 Å². The molecule has 3 heterocycles. The van der Waals surface area contributed by atoms with Gasteiger partial charge in [0.2, 0.25) is 0 Å². The number of hydrogen-bond acceptors (Lipinski definition) is 5. The van der Waals surface area contributed by atoms with E-state index >= 15 is 0 Å². The summed E-state index contributed by atoms with van der Waals surface area (Å²) in [4.78, 5) is 32.1. The van der Waals surface area contributed by atoms with E-state index in [0.717, 1.165) is 41.6 Å². The average molecular weight is 497 g/mol. The molecule has 7 nitrogen and oxygen atoms in total. The predicted octanol–water partition coefficient (Wildman–Crippen LogP) is 6.25. The third kappa shape index (κ3) is 4.18. The lowest BCUT2D eigenvalue weighted by Gasteiger charge is -2.28. The molecule has 4 aromatic rings. The first-order chi connectivity index (χ1) is 16.3. The number of carbonyl (C=O) groups excluding carboxylic acids is 1. The molecular weight excluding hydrogens is 471 g/mol. The number of aromatic nitrogens is 4. The maximum atomic E-state index is 13.3. The Kier molecular flexibility index (Phi) is 6.08. The zero-order valence-electron chi connectivity index (χ0n) is 19.3. The molecule has 2 aromatic carbocycles. The van der Waals surface area contributed by atoms with Gasteiger partial charge < -0.3 is 15.2 Å². The van der Waals surface area contributed by atoms with Gasteiger partial charge in [0.1, 0.15) is 18.0 Å². The number of aromatic amines is 1. The quantitative estimate of drug-likeness (QED) is 0.341. The number of halogens is 2. The zero-order chi connectivity index (χ0) is 24.0. The molecule has 9 heteroatoms. The van der Waals surface area contributed by atoms with Crippen LogP contribution in [0.1, 0.15) is 55.8 Å². The van der Waals surface area contributed by atoms with Crippen molar-refractivity contribution in [1.82, 2.24) is 24.8 Å². The summed E-state index contributed by atoms with van der Waals surface area (Å²) in [5.74, 6) is 1.75. The minimum Gasteiger partial charge on any atom is -0.360 e. The number of benzene rings is 2. The number of rotatable bonds is 5. The second-order valence-electron chi connectivity index (χ2n) is 9.17. The van der Waals surface area contributed by atoms with Crippen LogP contribution in [0, 0.1) is 5.92 Å². The van der Waals surface area contributed by atoms with Crippen LogP contribution in [0.4, 0.5) is 5.82 Å². The summed E-state index contributed by atoms with van der Waals surface area (Å²) in [7, 11) is 0. The van der Waals surface area contributed by atoms with Crippen LogP contribution < -0.4 is 5.32 Å². The SMILES string of the molecule is CC(C)C1CCCN1C(=O)c1cc2ncnc(N[C@H](C)c3nc4cc(Cl)ccc4[nH]3)c2cc1Cl. The number of imidazole rings is 1. The summed E-state index contributed by atoms with van der Waals surface area (Å²) in [5.41, 5.74) is 2.85. The number of nitrogens with one attached hydrogen (secondary N) is 2. The van der Waals surface area contributed by atoms with E-state index in [1.165, 1.54) is 6.33 Å². The highest BCUT2D eigenvalue weighted by molar-refractivity contribution is 6.35. The molecule has 176 valence electrons. The van der Waals surface area contributed by atoms with E-state index in [4.69, 9.17) is 23.2 Å². The molecule has 5 rings (SSSR count). The number of likely N-dealkylation sites (tertiary alicyclic amines) is 1. The largest absolute Gasteiger partial charge is 0.360 e. The molecule has 2 atom stereocenters. The summed E-state index contributed by atoms with van der Waals surface area (Å²) < 4.78 is 0. The standard InChI is InChI=1S/C25H26Cl2N6O/c1-13(2)22-5-4-8-33(22)25(34)16-11-20-17(10-18(16)27)24(29-12-28-20)30-14(3)23-31-19-7-6-15(26)9-21(19)32-23/h6-7,9-14,22H,4-5,8H2,1-3H3,(H,31,32)(H,28,29,30)/t14-,22?/m1/s1. The van der Waals surface area contributed by atoms with Gasteiger partial charge in [0.05, 0.1) is 33.2 Å². The zero-order valence-corrected chi connectivity index (χ0v) is 20.8. The van der Waals surface area contributed by atoms with Crippen molar-refractivity contribution in [2.75, 3.05) is 11.9 Å². The fourth-order valence-corrected chi connectivity index (χ4v) is 5.14. The molecule has 1 amide bonds. The monoisotopic (exact) mass is 496 g/mol. The van der Waals surface area contributed by atoms with Gasteiger partial charge in [-0.15, -0.1) is 0 Å². The van der Waals surface area contributed by atoms with Crippen LogP contribution in [0.5, 0.6) is 0 Å². The highest BCUT2D eigenvalue weighted by atomic mass is 35.5. The Bertz CT molecular complexity index is 1380. The molecule has 34 heavy (non-hydrogen) atoms. The van der Waals surface area contributed by atoms with Gasteiger partial charge in [0, 0.05) is 23.0 Å². The van der Waals surface area contributed by atoms with Crippen molar-refractivity contribution >= 4 is 56.9 Å². The number of amides is 1. The molecule has 2 N–H and O–H groups in total. The van der Waals surface area contributed by atoms with Crippen molar-refractivity contribution < 1.29 is 4.79 Å². The van der Waals surface area contributed by atoms with Gasteiger partial charge in [-0.1, -0.05) is 37.0 Å². The van der Waals surface area contributed by atoms with Crippen LogP contribution in [0.3, 0.4) is 0 Å². The van der Waals surface area contributed by atoms with Gasteiger partial charge in [0.15, 0.2) is 0 Å². The minimum atomic E-state index is -0.166. The van der Waals surface area contributed by atoms with E-state index in [1.54, 1.807) is 12.1 Å². The Morgan fingerprint density at radius 1 is 1.15 bits per heavy atom. The Labute approximate surface area is 207 Å². The van der Waals surface area contributed by atoms with Crippen molar-refractivity contribution in [3.05, 3.63) is 58.1 Å². The van der Waals surface area contributed by atoms with Crippen LogP contribution in [0.25, 0.3) is 21.9 Å². The van der Waals surface area contributed by atoms with E-state index < -0.39 is 0 Å². The predicted molar refractivity (Wildman–Crippen MR) is 137 cm³/mol. The third-order valence-corrected chi connectivity index (χ3v) is 7.06. The number of H-pyrrole nitrogens is 1. The first-order valence-electron chi connectivity index (χ1n) is 11.5. The van der Waals surface area contributed by atoms with Gasteiger partial charge in [0.25, 0.3) is 5.91 Å². The Balaban J connectivity index is 1.45. The van der Waals surface area contributed by atoms with Gasteiger partial charge in [-0.2, -0.15) is 0 Å². The summed E-state index contributed by atoms with van der Waals surface area (Å²) >= 11 is 12.7. The molecule has 0 aliphatic carbocycles. The molecule has 0 radical (unpaired) electrons. The van der Waals surface area contributed by atoms with E-state index in [1.807, 2.05) is 30.0 Å². The minimum absolute atomic E-state index is 0.0366. The van der Waals surface area contributed by atoms with Gasteiger partial charge in [-0.05, 0) is 56.0 Å². The van der Waals surface area contributed by atoms with Crippen LogP contribution in [0.2, 0.25) is 10.0 Å². The summed E-state index contributed by atoms with van der Waals surface area (Å²) in [6.45, 7) is 7.06. The first kappa shape index (κ1) is 22.9.